The van der Waals surface area contributed by atoms with E-state index < -0.39 is 0 Å². The van der Waals surface area contributed by atoms with Crippen molar-refractivity contribution in [1.29, 1.82) is 0 Å². The molecule has 0 atom stereocenters. The first kappa shape index (κ1) is 15.0. The second-order valence-corrected chi connectivity index (χ2v) is 6.13. The van der Waals surface area contributed by atoms with E-state index in [9.17, 15) is 4.79 Å². The van der Waals surface area contributed by atoms with Gasteiger partial charge in [0.05, 0.1) is 18.8 Å². The van der Waals surface area contributed by atoms with Gasteiger partial charge in [0.25, 0.3) is 5.91 Å². The number of hydrogen-bond donors (Lipinski definition) is 1. The highest BCUT2D eigenvalue weighted by Gasteiger charge is 2.18. The fourth-order valence-electron chi connectivity index (χ4n) is 2.34. The van der Waals surface area contributed by atoms with Gasteiger partial charge in [-0.3, -0.25) is 4.79 Å². The Hall–Kier alpha value is -1.92. The quantitative estimate of drug-likeness (QED) is 0.919. The Morgan fingerprint density at radius 1 is 1.32 bits per heavy atom. The Morgan fingerprint density at radius 3 is 2.86 bits per heavy atom. The fraction of sp³-hybridized carbons (Fsp3) is 0.375. The summed E-state index contributed by atoms with van der Waals surface area (Å²) in [4.78, 5) is 19.8. The summed E-state index contributed by atoms with van der Waals surface area (Å²) in [6, 6.07) is 7.88. The average molecular weight is 317 g/mol. The molecule has 0 unspecified atom stereocenters. The zero-order chi connectivity index (χ0) is 15.2. The molecule has 116 valence electrons. The number of amides is 1. The van der Waals surface area contributed by atoms with Gasteiger partial charge in [-0.15, -0.1) is 11.3 Å². The van der Waals surface area contributed by atoms with Crippen molar-refractivity contribution in [2.45, 2.75) is 6.42 Å². The van der Waals surface area contributed by atoms with Crippen LogP contribution >= 0.6 is 11.3 Å². The van der Waals surface area contributed by atoms with Gasteiger partial charge < -0.3 is 15.0 Å². The molecule has 1 saturated heterocycles. The standard InChI is InChI=1S/C16H19N3O2S/c20-16(19-7-9-21-10-8-19)13-3-4-15(18-12-13)17-6-5-14-2-1-11-22-14/h1-4,11-12H,5-10H2,(H,17,18). The summed E-state index contributed by atoms with van der Waals surface area (Å²) in [6.45, 7) is 3.37. The molecule has 1 aliphatic heterocycles. The highest BCUT2D eigenvalue weighted by molar-refractivity contribution is 7.09. The van der Waals surface area contributed by atoms with Crippen molar-refractivity contribution < 1.29 is 9.53 Å². The van der Waals surface area contributed by atoms with E-state index in [0.717, 1.165) is 18.8 Å². The van der Waals surface area contributed by atoms with Crippen LogP contribution in [0.2, 0.25) is 0 Å². The van der Waals surface area contributed by atoms with Crippen LogP contribution in [0.25, 0.3) is 0 Å². The molecule has 1 amide bonds. The number of thiophene rings is 1. The van der Waals surface area contributed by atoms with Crippen molar-refractivity contribution in [2.24, 2.45) is 0 Å². The maximum Gasteiger partial charge on any atom is 0.255 e. The molecule has 3 rings (SSSR count). The van der Waals surface area contributed by atoms with Gasteiger partial charge in [-0.1, -0.05) is 6.07 Å². The lowest BCUT2D eigenvalue weighted by atomic mass is 10.2. The van der Waals surface area contributed by atoms with Crippen molar-refractivity contribution in [2.75, 3.05) is 38.2 Å². The smallest absolute Gasteiger partial charge is 0.255 e. The van der Waals surface area contributed by atoms with Crippen LogP contribution in [0, 0.1) is 0 Å². The van der Waals surface area contributed by atoms with Crippen LogP contribution in [-0.4, -0.2) is 48.6 Å². The molecule has 2 aromatic rings. The number of nitrogens with zero attached hydrogens (tertiary/aromatic N) is 2. The Morgan fingerprint density at radius 2 is 2.18 bits per heavy atom. The zero-order valence-corrected chi connectivity index (χ0v) is 13.1. The molecule has 3 heterocycles. The predicted molar refractivity (Wildman–Crippen MR) is 87.5 cm³/mol. The average Bonchev–Trinajstić information content (AvgIpc) is 3.09. The third-order valence-corrected chi connectivity index (χ3v) is 4.50. The van der Waals surface area contributed by atoms with Gasteiger partial charge in [0.15, 0.2) is 0 Å². The highest BCUT2D eigenvalue weighted by atomic mass is 32.1. The summed E-state index contributed by atoms with van der Waals surface area (Å²) in [6.07, 6.45) is 2.62. The Bertz CT molecular complexity index is 592. The Kier molecular flexibility index (Phi) is 5.03. The maximum atomic E-state index is 12.3. The lowest BCUT2D eigenvalue weighted by molar-refractivity contribution is 0.0302. The van der Waals surface area contributed by atoms with Crippen LogP contribution in [0.5, 0.6) is 0 Å². The fourth-order valence-corrected chi connectivity index (χ4v) is 3.05. The first-order valence-corrected chi connectivity index (χ1v) is 8.30. The first-order valence-electron chi connectivity index (χ1n) is 7.42. The van der Waals surface area contributed by atoms with Crippen LogP contribution in [0.15, 0.2) is 35.8 Å². The van der Waals surface area contributed by atoms with Crippen LogP contribution in [-0.2, 0) is 11.2 Å². The van der Waals surface area contributed by atoms with E-state index in [4.69, 9.17) is 4.74 Å². The molecular formula is C16H19N3O2S. The van der Waals surface area contributed by atoms with E-state index in [1.165, 1.54) is 4.88 Å². The van der Waals surface area contributed by atoms with Gasteiger partial charge in [0.1, 0.15) is 5.82 Å². The monoisotopic (exact) mass is 317 g/mol. The number of rotatable bonds is 5. The predicted octanol–water partition coefficient (Wildman–Crippen LogP) is 2.27. The molecule has 1 N–H and O–H groups in total. The maximum absolute atomic E-state index is 12.3. The van der Waals surface area contributed by atoms with Crippen LogP contribution < -0.4 is 5.32 Å². The van der Waals surface area contributed by atoms with Gasteiger partial charge in [-0.25, -0.2) is 4.98 Å². The van der Waals surface area contributed by atoms with Crippen LogP contribution in [0.1, 0.15) is 15.2 Å². The molecule has 6 heteroatoms. The van der Waals surface area contributed by atoms with E-state index >= 15 is 0 Å². The third-order valence-electron chi connectivity index (χ3n) is 3.57. The lowest BCUT2D eigenvalue weighted by Gasteiger charge is -2.26. The molecule has 0 aromatic carbocycles. The summed E-state index contributed by atoms with van der Waals surface area (Å²) < 4.78 is 5.26. The minimum atomic E-state index is 0.0286. The van der Waals surface area contributed by atoms with Crippen molar-refractivity contribution in [3.05, 3.63) is 46.3 Å². The topological polar surface area (TPSA) is 54.5 Å². The van der Waals surface area contributed by atoms with E-state index in [2.05, 4.69) is 27.8 Å². The SMILES string of the molecule is O=C(c1ccc(NCCc2cccs2)nc1)N1CCOCC1. The van der Waals surface area contributed by atoms with Crippen molar-refractivity contribution in [3.8, 4) is 0 Å². The summed E-state index contributed by atoms with van der Waals surface area (Å²) in [7, 11) is 0. The number of anilines is 1. The molecule has 0 aliphatic carbocycles. The highest BCUT2D eigenvalue weighted by Crippen LogP contribution is 2.11. The van der Waals surface area contributed by atoms with Gasteiger partial charge in [0, 0.05) is 30.7 Å². The molecule has 5 nitrogen and oxygen atoms in total. The number of hydrogen-bond acceptors (Lipinski definition) is 5. The van der Waals surface area contributed by atoms with Crippen molar-refractivity contribution >= 4 is 23.1 Å². The van der Waals surface area contributed by atoms with Gasteiger partial charge >= 0.3 is 0 Å². The number of aromatic nitrogens is 1. The molecule has 0 saturated carbocycles. The molecule has 22 heavy (non-hydrogen) atoms. The Balaban J connectivity index is 1.52. The molecule has 1 fully saturated rings. The third kappa shape index (κ3) is 3.84. The van der Waals surface area contributed by atoms with E-state index in [-0.39, 0.29) is 5.91 Å². The van der Waals surface area contributed by atoms with Gasteiger partial charge in [-0.05, 0) is 30.0 Å². The Labute approximate surface area is 133 Å². The number of carbonyl (C=O) groups is 1. The normalized spacial score (nSPS) is 14.8. The first-order chi connectivity index (χ1) is 10.8. The summed E-state index contributed by atoms with van der Waals surface area (Å²) >= 11 is 1.76. The van der Waals surface area contributed by atoms with Crippen molar-refractivity contribution in [3.63, 3.8) is 0 Å². The number of ether oxygens (including phenoxy) is 1. The zero-order valence-electron chi connectivity index (χ0n) is 12.3. The largest absolute Gasteiger partial charge is 0.378 e. The minimum Gasteiger partial charge on any atom is -0.378 e. The van der Waals surface area contributed by atoms with E-state index in [1.807, 2.05) is 17.0 Å². The second kappa shape index (κ2) is 7.38. The van der Waals surface area contributed by atoms with Crippen LogP contribution in [0.4, 0.5) is 5.82 Å². The van der Waals surface area contributed by atoms with Gasteiger partial charge in [-0.2, -0.15) is 0 Å². The molecule has 1 aliphatic rings. The molecule has 2 aromatic heterocycles. The minimum absolute atomic E-state index is 0.0286. The lowest BCUT2D eigenvalue weighted by Crippen LogP contribution is -2.40. The molecular weight excluding hydrogens is 298 g/mol. The summed E-state index contributed by atoms with van der Waals surface area (Å²) in [5.41, 5.74) is 0.630. The number of nitrogens with one attached hydrogen (secondary N) is 1. The van der Waals surface area contributed by atoms with Crippen molar-refractivity contribution in [1.82, 2.24) is 9.88 Å². The molecule has 0 radical (unpaired) electrons. The number of morpholine rings is 1. The molecule has 0 spiro atoms. The molecule has 0 bridgehead atoms. The summed E-state index contributed by atoms with van der Waals surface area (Å²) in [5, 5.41) is 5.36. The van der Waals surface area contributed by atoms with Gasteiger partial charge in [0.2, 0.25) is 0 Å². The van der Waals surface area contributed by atoms with E-state index in [0.29, 0.717) is 31.9 Å². The second-order valence-electron chi connectivity index (χ2n) is 5.09. The van der Waals surface area contributed by atoms with E-state index in [1.54, 1.807) is 17.5 Å². The number of pyridine rings is 1. The number of carbonyl (C=O) groups excluding carboxylic acids is 1. The summed E-state index contributed by atoms with van der Waals surface area (Å²) in [5.74, 6) is 0.830. The van der Waals surface area contributed by atoms with Crippen LogP contribution in [0.3, 0.4) is 0 Å².